The molecule has 1 aliphatic carbocycles. The Morgan fingerprint density at radius 3 is 2.42 bits per heavy atom. The van der Waals surface area contributed by atoms with Crippen LogP contribution in [0, 0.1) is 11.8 Å². The molecule has 0 N–H and O–H groups in total. The van der Waals surface area contributed by atoms with Gasteiger partial charge in [0.05, 0.1) is 12.5 Å². The van der Waals surface area contributed by atoms with Crippen LogP contribution < -0.4 is 0 Å². The predicted molar refractivity (Wildman–Crippen MR) is 72.8 cm³/mol. The van der Waals surface area contributed by atoms with E-state index in [1.807, 2.05) is 6.92 Å². The summed E-state index contributed by atoms with van der Waals surface area (Å²) in [6.07, 6.45) is 5.63. The van der Waals surface area contributed by atoms with Crippen LogP contribution in [0.15, 0.2) is 0 Å². The molecule has 0 aliphatic heterocycles. The van der Waals surface area contributed by atoms with Crippen molar-refractivity contribution >= 4 is 11.8 Å². The average molecular weight is 270 g/mol. The van der Waals surface area contributed by atoms with E-state index in [-0.39, 0.29) is 17.7 Å². The van der Waals surface area contributed by atoms with Gasteiger partial charge in [0.25, 0.3) is 0 Å². The molecule has 0 radical (unpaired) electrons. The molecule has 1 rings (SSSR count). The molecule has 19 heavy (non-hydrogen) atoms. The maximum atomic E-state index is 11.8. The van der Waals surface area contributed by atoms with Gasteiger partial charge >= 0.3 is 5.97 Å². The molecule has 1 aliphatic rings. The van der Waals surface area contributed by atoms with Crippen molar-refractivity contribution in [2.75, 3.05) is 20.3 Å². The van der Waals surface area contributed by atoms with Crippen LogP contribution in [-0.2, 0) is 19.1 Å². The number of carbonyl (C=O) groups is 2. The highest BCUT2D eigenvalue weighted by atomic mass is 16.5. The van der Waals surface area contributed by atoms with Gasteiger partial charge in [-0.1, -0.05) is 6.92 Å². The Balaban J connectivity index is 2.12. The van der Waals surface area contributed by atoms with Crippen molar-refractivity contribution in [1.29, 1.82) is 0 Å². The molecular weight excluding hydrogens is 244 g/mol. The highest BCUT2D eigenvalue weighted by Crippen LogP contribution is 2.29. The first-order valence-corrected chi connectivity index (χ1v) is 7.34. The fourth-order valence-electron chi connectivity index (χ4n) is 2.54. The first kappa shape index (κ1) is 16.2. The van der Waals surface area contributed by atoms with Crippen LogP contribution in [0.2, 0.25) is 0 Å². The first-order valence-electron chi connectivity index (χ1n) is 7.34. The van der Waals surface area contributed by atoms with Gasteiger partial charge in [0.1, 0.15) is 5.78 Å². The second-order valence-corrected chi connectivity index (χ2v) is 5.34. The number of ether oxygens (including phenoxy) is 2. The van der Waals surface area contributed by atoms with Crippen LogP contribution in [-0.4, -0.2) is 32.1 Å². The lowest BCUT2D eigenvalue weighted by atomic mass is 9.82. The van der Waals surface area contributed by atoms with Crippen molar-refractivity contribution in [3.63, 3.8) is 0 Å². The molecule has 0 bridgehead atoms. The number of rotatable bonds is 8. The third-order valence-electron chi connectivity index (χ3n) is 3.82. The molecule has 4 heteroatoms. The van der Waals surface area contributed by atoms with Crippen molar-refractivity contribution in [1.82, 2.24) is 0 Å². The lowest BCUT2D eigenvalue weighted by Gasteiger charge is -2.26. The van der Waals surface area contributed by atoms with Crippen molar-refractivity contribution < 1.29 is 19.1 Å². The summed E-state index contributed by atoms with van der Waals surface area (Å²) in [4.78, 5) is 22.9. The third-order valence-corrected chi connectivity index (χ3v) is 3.82. The SMILES string of the molecule is CCC(=O)CCCOC(=O)C1CCC(COC)CC1. The van der Waals surface area contributed by atoms with Crippen molar-refractivity contribution in [3.8, 4) is 0 Å². The molecule has 0 heterocycles. The number of methoxy groups -OCH3 is 1. The molecule has 1 fully saturated rings. The highest BCUT2D eigenvalue weighted by Gasteiger charge is 2.27. The molecule has 0 unspecified atom stereocenters. The van der Waals surface area contributed by atoms with Crippen molar-refractivity contribution in [2.45, 2.75) is 51.9 Å². The summed E-state index contributed by atoms with van der Waals surface area (Å²) in [6.45, 7) is 3.02. The molecule has 110 valence electrons. The topological polar surface area (TPSA) is 52.6 Å². The zero-order valence-corrected chi connectivity index (χ0v) is 12.2. The molecule has 1 saturated carbocycles. The van der Waals surface area contributed by atoms with Gasteiger partial charge in [0.2, 0.25) is 0 Å². The summed E-state index contributed by atoms with van der Waals surface area (Å²) in [5.41, 5.74) is 0. The van der Waals surface area contributed by atoms with E-state index < -0.39 is 0 Å². The standard InChI is InChI=1S/C15H26O4/c1-3-14(16)5-4-10-19-15(17)13-8-6-12(7-9-13)11-18-2/h12-13H,3-11H2,1-2H3. The smallest absolute Gasteiger partial charge is 0.308 e. The summed E-state index contributed by atoms with van der Waals surface area (Å²) in [7, 11) is 1.72. The van der Waals surface area contributed by atoms with Crippen LogP contribution >= 0.6 is 0 Å². The lowest BCUT2D eigenvalue weighted by Crippen LogP contribution is -2.25. The molecule has 0 aromatic rings. The van der Waals surface area contributed by atoms with Gasteiger partial charge in [-0.15, -0.1) is 0 Å². The Labute approximate surface area is 115 Å². The van der Waals surface area contributed by atoms with Crippen LogP contribution in [0.1, 0.15) is 51.9 Å². The first-order chi connectivity index (χ1) is 9.17. The summed E-state index contributed by atoms with van der Waals surface area (Å²) < 4.78 is 10.4. The van der Waals surface area contributed by atoms with Gasteiger partial charge in [-0.25, -0.2) is 0 Å². The fraction of sp³-hybridized carbons (Fsp3) is 0.867. The Morgan fingerprint density at radius 1 is 1.16 bits per heavy atom. The van der Waals surface area contributed by atoms with Crippen molar-refractivity contribution in [2.24, 2.45) is 11.8 Å². The molecule has 0 aromatic carbocycles. The monoisotopic (exact) mass is 270 g/mol. The van der Waals surface area contributed by atoms with Gasteiger partial charge in [-0.3, -0.25) is 9.59 Å². The minimum Gasteiger partial charge on any atom is -0.465 e. The Kier molecular flexibility index (Phi) is 7.72. The van der Waals surface area contributed by atoms with E-state index >= 15 is 0 Å². The zero-order valence-electron chi connectivity index (χ0n) is 12.2. The van der Waals surface area contributed by atoms with E-state index in [0.717, 1.165) is 32.3 Å². The molecule has 0 saturated heterocycles. The molecule has 0 aromatic heterocycles. The van der Waals surface area contributed by atoms with Gasteiger partial charge in [0, 0.05) is 26.6 Å². The highest BCUT2D eigenvalue weighted by molar-refractivity contribution is 5.78. The second-order valence-electron chi connectivity index (χ2n) is 5.34. The van der Waals surface area contributed by atoms with E-state index in [4.69, 9.17) is 9.47 Å². The maximum absolute atomic E-state index is 11.8. The number of carbonyl (C=O) groups excluding carboxylic acids is 2. The van der Waals surface area contributed by atoms with E-state index in [2.05, 4.69) is 0 Å². The second kappa shape index (κ2) is 9.08. The van der Waals surface area contributed by atoms with Crippen LogP contribution in [0.4, 0.5) is 0 Å². The normalized spacial score (nSPS) is 23.1. The quantitative estimate of drug-likeness (QED) is 0.502. The number of esters is 1. The third kappa shape index (κ3) is 6.19. The lowest BCUT2D eigenvalue weighted by molar-refractivity contribution is -0.150. The Morgan fingerprint density at radius 2 is 1.84 bits per heavy atom. The van der Waals surface area contributed by atoms with Gasteiger partial charge in [0.15, 0.2) is 0 Å². The number of hydrogen-bond acceptors (Lipinski definition) is 4. The number of Topliss-reactive ketones (excluding diaryl/α,β-unsaturated/α-hetero) is 1. The molecule has 0 atom stereocenters. The minimum atomic E-state index is -0.0835. The molecule has 4 nitrogen and oxygen atoms in total. The van der Waals surface area contributed by atoms with E-state index in [1.165, 1.54) is 0 Å². The predicted octanol–water partition coefficient (Wildman–Crippen LogP) is 2.74. The van der Waals surface area contributed by atoms with Gasteiger partial charge in [-0.2, -0.15) is 0 Å². The van der Waals surface area contributed by atoms with Gasteiger partial charge in [-0.05, 0) is 38.0 Å². The van der Waals surface area contributed by atoms with E-state index in [0.29, 0.717) is 31.8 Å². The van der Waals surface area contributed by atoms with Crippen molar-refractivity contribution in [3.05, 3.63) is 0 Å². The molecule has 0 amide bonds. The van der Waals surface area contributed by atoms with E-state index in [1.54, 1.807) is 7.11 Å². The largest absolute Gasteiger partial charge is 0.465 e. The number of hydrogen-bond donors (Lipinski definition) is 0. The zero-order chi connectivity index (χ0) is 14.1. The molecule has 0 spiro atoms. The minimum absolute atomic E-state index is 0.0509. The fourth-order valence-corrected chi connectivity index (χ4v) is 2.54. The van der Waals surface area contributed by atoms with Crippen LogP contribution in [0.25, 0.3) is 0 Å². The molecular formula is C15H26O4. The van der Waals surface area contributed by atoms with Crippen LogP contribution in [0.3, 0.4) is 0 Å². The summed E-state index contributed by atoms with van der Waals surface area (Å²) in [5, 5.41) is 0. The summed E-state index contributed by atoms with van der Waals surface area (Å²) in [6, 6.07) is 0. The Bertz CT molecular complexity index is 280. The average Bonchev–Trinajstić information content (AvgIpc) is 2.44. The summed E-state index contributed by atoms with van der Waals surface area (Å²) in [5.74, 6) is 0.794. The van der Waals surface area contributed by atoms with Gasteiger partial charge < -0.3 is 9.47 Å². The maximum Gasteiger partial charge on any atom is 0.308 e. The van der Waals surface area contributed by atoms with Crippen LogP contribution in [0.5, 0.6) is 0 Å². The number of ketones is 1. The Hall–Kier alpha value is -0.900. The van der Waals surface area contributed by atoms with E-state index in [9.17, 15) is 9.59 Å². The summed E-state index contributed by atoms with van der Waals surface area (Å²) >= 11 is 0.